The number of piperazine rings is 1. The minimum atomic E-state index is -0.219. The lowest BCUT2D eigenvalue weighted by Gasteiger charge is -2.35. The fourth-order valence-electron chi connectivity index (χ4n) is 1.93. The molecule has 0 aromatic rings. The SMILES string of the molecule is C=C1C(=O)N2CCCC2C(=O)N1C. The Hall–Kier alpha value is -1.32. The number of rotatable bonds is 0. The van der Waals surface area contributed by atoms with E-state index >= 15 is 0 Å². The maximum absolute atomic E-state index is 11.6. The molecule has 0 saturated carbocycles. The Morgan fingerprint density at radius 2 is 2.15 bits per heavy atom. The summed E-state index contributed by atoms with van der Waals surface area (Å²) in [5, 5.41) is 0. The molecule has 4 heteroatoms. The molecule has 2 aliphatic rings. The van der Waals surface area contributed by atoms with E-state index in [4.69, 9.17) is 0 Å². The number of carbonyl (C=O) groups is 2. The Labute approximate surface area is 76.8 Å². The average Bonchev–Trinajstić information content (AvgIpc) is 2.59. The second kappa shape index (κ2) is 2.58. The van der Waals surface area contributed by atoms with Crippen molar-refractivity contribution >= 4 is 11.8 Å². The molecule has 2 rings (SSSR count). The van der Waals surface area contributed by atoms with Gasteiger partial charge in [0.1, 0.15) is 11.7 Å². The summed E-state index contributed by atoms with van der Waals surface area (Å²) in [6.07, 6.45) is 1.71. The smallest absolute Gasteiger partial charge is 0.270 e. The molecule has 1 atom stereocenters. The molecule has 0 spiro atoms. The number of hydrogen-bond donors (Lipinski definition) is 0. The van der Waals surface area contributed by atoms with E-state index in [0.29, 0.717) is 12.2 Å². The Morgan fingerprint density at radius 3 is 2.85 bits per heavy atom. The summed E-state index contributed by atoms with van der Waals surface area (Å²) >= 11 is 0. The molecule has 4 nitrogen and oxygen atoms in total. The van der Waals surface area contributed by atoms with Gasteiger partial charge in [0.25, 0.3) is 5.91 Å². The lowest BCUT2D eigenvalue weighted by molar-refractivity contribution is -0.147. The van der Waals surface area contributed by atoms with Crippen molar-refractivity contribution in [3.63, 3.8) is 0 Å². The number of fused-ring (bicyclic) bond motifs is 1. The third-order valence-electron chi connectivity index (χ3n) is 2.78. The van der Waals surface area contributed by atoms with E-state index in [-0.39, 0.29) is 17.9 Å². The Balaban J connectivity index is 2.34. The number of amides is 2. The highest BCUT2D eigenvalue weighted by Crippen LogP contribution is 2.26. The molecule has 0 aromatic carbocycles. The molecule has 0 aromatic heterocycles. The van der Waals surface area contributed by atoms with Crippen LogP contribution in [-0.4, -0.2) is 41.2 Å². The zero-order valence-corrected chi connectivity index (χ0v) is 7.62. The van der Waals surface area contributed by atoms with Crippen LogP contribution in [0.1, 0.15) is 12.8 Å². The van der Waals surface area contributed by atoms with Crippen LogP contribution in [0.2, 0.25) is 0 Å². The lowest BCUT2D eigenvalue weighted by atomic mass is 10.1. The first-order valence-corrected chi connectivity index (χ1v) is 4.40. The van der Waals surface area contributed by atoms with Crippen molar-refractivity contribution in [3.05, 3.63) is 12.3 Å². The number of hydrogen-bond acceptors (Lipinski definition) is 2. The molecule has 2 fully saturated rings. The van der Waals surface area contributed by atoms with Crippen molar-refractivity contribution in [2.45, 2.75) is 18.9 Å². The molecule has 0 radical (unpaired) electrons. The second-order valence-electron chi connectivity index (χ2n) is 3.50. The summed E-state index contributed by atoms with van der Waals surface area (Å²) in [4.78, 5) is 26.2. The fraction of sp³-hybridized carbons (Fsp3) is 0.556. The van der Waals surface area contributed by atoms with Gasteiger partial charge in [0.15, 0.2) is 0 Å². The second-order valence-corrected chi connectivity index (χ2v) is 3.50. The van der Waals surface area contributed by atoms with Crippen LogP contribution < -0.4 is 0 Å². The van der Waals surface area contributed by atoms with Gasteiger partial charge in [-0.2, -0.15) is 0 Å². The topological polar surface area (TPSA) is 40.6 Å². The van der Waals surface area contributed by atoms with Gasteiger partial charge in [0.05, 0.1) is 0 Å². The minimum Gasteiger partial charge on any atom is -0.325 e. The van der Waals surface area contributed by atoms with Crippen LogP contribution in [-0.2, 0) is 9.59 Å². The Kier molecular flexibility index (Phi) is 1.65. The molecular formula is C9H12N2O2. The quantitative estimate of drug-likeness (QED) is 0.491. The standard InChI is InChI=1S/C9H12N2O2/c1-6-8(12)11-5-3-4-7(11)9(13)10(6)2/h7H,1,3-5H2,2H3. The zero-order chi connectivity index (χ0) is 9.59. The molecule has 2 aliphatic heterocycles. The van der Waals surface area contributed by atoms with Crippen molar-refractivity contribution in [2.75, 3.05) is 13.6 Å². The molecule has 2 amide bonds. The van der Waals surface area contributed by atoms with Crippen LogP contribution in [0.15, 0.2) is 12.3 Å². The third kappa shape index (κ3) is 0.978. The molecule has 70 valence electrons. The van der Waals surface area contributed by atoms with Crippen LogP contribution in [0.4, 0.5) is 0 Å². The summed E-state index contributed by atoms with van der Waals surface area (Å²) in [5.74, 6) is -0.0910. The van der Waals surface area contributed by atoms with Crippen LogP contribution >= 0.6 is 0 Å². The predicted molar refractivity (Wildman–Crippen MR) is 46.6 cm³/mol. The van der Waals surface area contributed by atoms with Crippen molar-refractivity contribution in [1.29, 1.82) is 0 Å². The monoisotopic (exact) mass is 180 g/mol. The minimum absolute atomic E-state index is 0.00194. The summed E-state index contributed by atoms with van der Waals surface area (Å²) in [6, 6.07) is -0.219. The van der Waals surface area contributed by atoms with Crippen LogP contribution in [0.5, 0.6) is 0 Å². The first-order valence-electron chi connectivity index (χ1n) is 4.40. The molecule has 0 aliphatic carbocycles. The number of carbonyl (C=O) groups excluding carboxylic acids is 2. The van der Waals surface area contributed by atoms with E-state index in [1.165, 1.54) is 4.90 Å². The zero-order valence-electron chi connectivity index (χ0n) is 7.62. The normalized spacial score (nSPS) is 28.4. The Bertz CT molecular complexity index is 298. The Morgan fingerprint density at radius 1 is 1.46 bits per heavy atom. The molecule has 0 bridgehead atoms. The highest BCUT2D eigenvalue weighted by molar-refractivity contribution is 6.04. The molecule has 0 N–H and O–H groups in total. The van der Waals surface area contributed by atoms with E-state index in [2.05, 4.69) is 6.58 Å². The molecule has 2 saturated heterocycles. The number of nitrogens with zero attached hydrogens (tertiary/aromatic N) is 2. The van der Waals surface area contributed by atoms with Crippen molar-refractivity contribution in [2.24, 2.45) is 0 Å². The fourth-order valence-corrected chi connectivity index (χ4v) is 1.93. The highest BCUT2D eigenvalue weighted by Gasteiger charge is 2.42. The average molecular weight is 180 g/mol. The van der Waals surface area contributed by atoms with Gasteiger partial charge < -0.3 is 9.80 Å². The van der Waals surface area contributed by atoms with Gasteiger partial charge in [0.2, 0.25) is 5.91 Å². The lowest BCUT2D eigenvalue weighted by Crippen LogP contribution is -2.54. The van der Waals surface area contributed by atoms with Gasteiger partial charge in [-0.1, -0.05) is 6.58 Å². The van der Waals surface area contributed by atoms with Gasteiger partial charge in [-0.3, -0.25) is 9.59 Å². The van der Waals surface area contributed by atoms with E-state index in [0.717, 1.165) is 12.8 Å². The van der Waals surface area contributed by atoms with Crippen molar-refractivity contribution < 1.29 is 9.59 Å². The first kappa shape index (κ1) is 8.29. The largest absolute Gasteiger partial charge is 0.325 e. The molecule has 1 unspecified atom stereocenters. The maximum Gasteiger partial charge on any atom is 0.270 e. The molecular weight excluding hydrogens is 168 g/mol. The first-order chi connectivity index (χ1) is 6.13. The van der Waals surface area contributed by atoms with Crippen LogP contribution in [0.25, 0.3) is 0 Å². The van der Waals surface area contributed by atoms with Crippen molar-refractivity contribution in [3.8, 4) is 0 Å². The summed E-state index contributed by atoms with van der Waals surface area (Å²) in [7, 11) is 1.61. The summed E-state index contributed by atoms with van der Waals surface area (Å²) in [6.45, 7) is 4.30. The summed E-state index contributed by atoms with van der Waals surface area (Å²) in [5.41, 5.74) is 0.295. The molecule has 2 heterocycles. The maximum atomic E-state index is 11.6. The van der Waals surface area contributed by atoms with Gasteiger partial charge in [-0.05, 0) is 12.8 Å². The van der Waals surface area contributed by atoms with Crippen molar-refractivity contribution in [1.82, 2.24) is 9.80 Å². The van der Waals surface area contributed by atoms with Gasteiger partial charge >= 0.3 is 0 Å². The molecule has 13 heavy (non-hydrogen) atoms. The summed E-state index contributed by atoms with van der Waals surface area (Å²) < 4.78 is 0. The van der Waals surface area contributed by atoms with E-state index < -0.39 is 0 Å². The number of likely N-dealkylation sites (N-methyl/N-ethyl adjacent to an activating group) is 1. The highest BCUT2D eigenvalue weighted by atomic mass is 16.2. The van der Waals surface area contributed by atoms with E-state index in [9.17, 15) is 9.59 Å². The van der Waals surface area contributed by atoms with Crippen LogP contribution in [0.3, 0.4) is 0 Å². The van der Waals surface area contributed by atoms with Gasteiger partial charge in [-0.25, -0.2) is 0 Å². The van der Waals surface area contributed by atoms with E-state index in [1.807, 2.05) is 0 Å². The van der Waals surface area contributed by atoms with Gasteiger partial charge in [-0.15, -0.1) is 0 Å². The van der Waals surface area contributed by atoms with Gasteiger partial charge in [0, 0.05) is 13.6 Å². The van der Waals surface area contributed by atoms with Crippen LogP contribution in [0, 0.1) is 0 Å². The third-order valence-corrected chi connectivity index (χ3v) is 2.78. The predicted octanol–water partition coefficient (Wildman–Crippen LogP) is -0.0369. The van der Waals surface area contributed by atoms with E-state index in [1.54, 1.807) is 11.9 Å².